The summed E-state index contributed by atoms with van der Waals surface area (Å²) in [4.78, 5) is 24.1. The van der Waals surface area contributed by atoms with Gasteiger partial charge in [0, 0.05) is 41.9 Å². The van der Waals surface area contributed by atoms with Gasteiger partial charge >= 0.3 is 0 Å². The van der Waals surface area contributed by atoms with Crippen LogP contribution in [0.15, 0.2) is 77.6 Å². The number of benzene rings is 2. The highest BCUT2D eigenvalue weighted by Gasteiger charge is 2.16. The molecular formula is C27H25N7O3. The molecule has 4 heterocycles. The van der Waals surface area contributed by atoms with E-state index in [4.69, 9.17) is 9.26 Å². The van der Waals surface area contributed by atoms with Crippen molar-refractivity contribution >= 4 is 34.6 Å². The second-order valence-corrected chi connectivity index (χ2v) is 8.75. The Morgan fingerprint density at radius 3 is 2.81 bits per heavy atom. The summed E-state index contributed by atoms with van der Waals surface area (Å²) in [6, 6.07) is 19.3. The molecule has 0 atom stereocenters. The lowest BCUT2D eigenvalue weighted by Crippen LogP contribution is -2.36. The highest BCUT2D eigenvalue weighted by molar-refractivity contribution is 6.04. The third kappa shape index (κ3) is 4.74. The second-order valence-electron chi connectivity index (χ2n) is 8.75. The number of imidazole rings is 1. The van der Waals surface area contributed by atoms with Crippen LogP contribution in [0.3, 0.4) is 0 Å². The van der Waals surface area contributed by atoms with E-state index in [1.165, 1.54) is 0 Å². The molecule has 3 aromatic heterocycles. The number of hydrogen-bond donors (Lipinski definition) is 2. The summed E-state index contributed by atoms with van der Waals surface area (Å²) in [5.74, 6) is 0.501. The van der Waals surface area contributed by atoms with Gasteiger partial charge in [0.25, 0.3) is 17.7 Å². The zero-order valence-corrected chi connectivity index (χ0v) is 20.2. The maximum atomic E-state index is 13.0. The summed E-state index contributed by atoms with van der Waals surface area (Å²) in [7, 11) is 0. The molecule has 10 heteroatoms. The largest absolute Gasteiger partial charge is 0.378 e. The molecule has 1 aliphatic rings. The quantitative estimate of drug-likeness (QED) is 0.354. The Bertz CT molecular complexity index is 1570. The molecule has 0 bridgehead atoms. The van der Waals surface area contributed by atoms with Crippen molar-refractivity contribution in [3.05, 3.63) is 84.3 Å². The Morgan fingerprint density at radius 2 is 1.92 bits per heavy atom. The van der Waals surface area contributed by atoms with Gasteiger partial charge in [-0.2, -0.15) is 4.98 Å². The standard InChI is InChI=1S/C27H25N7O3/c1-18-8-9-20(16-22(18)30-25(35)23-17-28-24-7-2-3-10-34(23)24)29-27-31-26(37-32-27)19-5-4-6-21(15-19)33-11-13-36-14-12-33/h2-10,15-17H,11-14H2,1H3,(H,29,32)(H,30,35). The van der Waals surface area contributed by atoms with E-state index in [-0.39, 0.29) is 5.91 Å². The summed E-state index contributed by atoms with van der Waals surface area (Å²) in [6.07, 6.45) is 3.38. The molecule has 0 saturated carbocycles. The smallest absolute Gasteiger partial charge is 0.274 e. The number of pyridine rings is 1. The average Bonchev–Trinajstić information content (AvgIpc) is 3.59. The fraction of sp³-hybridized carbons (Fsp3) is 0.185. The van der Waals surface area contributed by atoms with Crippen molar-refractivity contribution in [1.82, 2.24) is 19.5 Å². The number of carbonyl (C=O) groups is 1. The molecule has 2 aromatic carbocycles. The topological polar surface area (TPSA) is 110 Å². The molecule has 1 amide bonds. The summed E-state index contributed by atoms with van der Waals surface area (Å²) in [5, 5.41) is 10.2. The van der Waals surface area contributed by atoms with Crippen LogP contribution in [0.5, 0.6) is 0 Å². The lowest BCUT2D eigenvalue weighted by molar-refractivity contribution is 0.102. The van der Waals surface area contributed by atoms with Crippen molar-refractivity contribution in [2.75, 3.05) is 41.8 Å². The van der Waals surface area contributed by atoms with Gasteiger partial charge in [-0.3, -0.25) is 9.20 Å². The Hall–Kier alpha value is -4.70. The third-order valence-electron chi connectivity index (χ3n) is 6.29. The SMILES string of the molecule is Cc1ccc(Nc2noc(-c3cccc(N4CCOCC4)c3)n2)cc1NC(=O)c1cnc2ccccn12. The number of nitrogens with zero attached hydrogens (tertiary/aromatic N) is 5. The molecule has 5 aromatic rings. The number of morpholine rings is 1. The monoisotopic (exact) mass is 495 g/mol. The van der Waals surface area contributed by atoms with Gasteiger partial charge in [0.15, 0.2) is 0 Å². The average molecular weight is 496 g/mol. The van der Waals surface area contributed by atoms with Gasteiger partial charge < -0.3 is 24.8 Å². The van der Waals surface area contributed by atoms with Crippen molar-refractivity contribution in [2.45, 2.75) is 6.92 Å². The Morgan fingerprint density at radius 1 is 1.03 bits per heavy atom. The summed E-state index contributed by atoms with van der Waals surface area (Å²) in [5.41, 5.74) is 5.41. The molecule has 0 aliphatic carbocycles. The van der Waals surface area contributed by atoms with E-state index in [2.05, 4.69) is 36.7 Å². The fourth-order valence-electron chi connectivity index (χ4n) is 4.30. The summed E-state index contributed by atoms with van der Waals surface area (Å²) >= 11 is 0. The van der Waals surface area contributed by atoms with Crippen LogP contribution in [0.4, 0.5) is 23.0 Å². The molecule has 1 aliphatic heterocycles. The number of ether oxygens (including phenoxy) is 1. The number of carbonyl (C=O) groups excluding carboxylic acids is 1. The lowest BCUT2D eigenvalue weighted by Gasteiger charge is -2.28. The zero-order chi connectivity index (χ0) is 25.2. The molecule has 1 fully saturated rings. The number of hydrogen-bond acceptors (Lipinski definition) is 8. The van der Waals surface area contributed by atoms with Crippen LogP contribution >= 0.6 is 0 Å². The van der Waals surface area contributed by atoms with Crippen LogP contribution in [0.1, 0.15) is 16.1 Å². The van der Waals surface area contributed by atoms with Gasteiger partial charge in [-0.15, -0.1) is 0 Å². The van der Waals surface area contributed by atoms with Crippen LogP contribution in [-0.2, 0) is 4.74 Å². The number of aromatic nitrogens is 4. The van der Waals surface area contributed by atoms with Crippen molar-refractivity contribution in [3.63, 3.8) is 0 Å². The molecule has 1 saturated heterocycles. The van der Waals surface area contributed by atoms with Gasteiger partial charge in [-0.1, -0.05) is 18.2 Å². The minimum absolute atomic E-state index is 0.249. The first kappa shape index (κ1) is 22.7. The van der Waals surface area contributed by atoms with Crippen LogP contribution in [0, 0.1) is 6.92 Å². The highest BCUT2D eigenvalue weighted by Crippen LogP contribution is 2.27. The normalized spacial score (nSPS) is 13.6. The predicted molar refractivity (Wildman–Crippen MR) is 140 cm³/mol. The minimum atomic E-state index is -0.249. The van der Waals surface area contributed by atoms with Crippen LogP contribution < -0.4 is 15.5 Å². The number of aryl methyl sites for hydroxylation is 1. The van der Waals surface area contributed by atoms with Gasteiger partial charge in [0.05, 0.1) is 19.4 Å². The minimum Gasteiger partial charge on any atom is -0.378 e. The number of fused-ring (bicyclic) bond motifs is 1. The van der Waals surface area contributed by atoms with E-state index in [9.17, 15) is 4.79 Å². The van der Waals surface area contributed by atoms with E-state index in [0.717, 1.165) is 43.1 Å². The molecular weight excluding hydrogens is 470 g/mol. The van der Waals surface area contributed by atoms with Crippen molar-refractivity contribution in [2.24, 2.45) is 0 Å². The molecule has 37 heavy (non-hydrogen) atoms. The van der Waals surface area contributed by atoms with Crippen LogP contribution in [0.25, 0.3) is 17.1 Å². The molecule has 0 spiro atoms. The number of amides is 1. The molecule has 186 valence electrons. The molecule has 0 unspecified atom stereocenters. The van der Waals surface area contributed by atoms with Crippen molar-refractivity contribution < 1.29 is 14.1 Å². The third-order valence-corrected chi connectivity index (χ3v) is 6.29. The fourth-order valence-corrected chi connectivity index (χ4v) is 4.30. The first-order chi connectivity index (χ1) is 18.1. The Labute approximate surface area is 212 Å². The van der Waals surface area contributed by atoms with Crippen molar-refractivity contribution in [1.29, 1.82) is 0 Å². The first-order valence-corrected chi connectivity index (χ1v) is 12.0. The van der Waals surface area contributed by atoms with Crippen LogP contribution in [0.2, 0.25) is 0 Å². The summed E-state index contributed by atoms with van der Waals surface area (Å²) in [6.45, 7) is 5.07. The Kier molecular flexibility index (Phi) is 5.99. The van der Waals surface area contributed by atoms with E-state index in [1.807, 2.05) is 67.7 Å². The number of anilines is 4. The highest BCUT2D eigenvalue weighted by atomic mass is 16.5. The Balaban J connectivity index is 1.18. The van der Waals surface area contributed by atoms with E-state index in [0.29, 0.717) is 34.6 Å². The number of rotatable bonds is 6. The predicted octanol–water partition coefficient (Wildman–Crippen LogP) is 4.53. The van der Waals surface area contributed by atoms with Crippen molar-refractivity contribution in [3.8, 4) is 11.5 Å². The molecule has 2 N–H and O–H groups in total. The van der Waals surface area contributed by atoms with E-state index < -0.39 is 0 Å². The van der Waals surface area contributed by atoms with Gasteiger partial charge in [-0.25, -0.2) is 4.98 Å². The second kappa shape index (κ2) is 9.75. The van der Waals surface area contributed by atoms with Gasteiger partial charge in [0.2, 0.25) is 0 Å². The summed E-state index contributed by atoms with van der Waals surface area (Å²) < 4.78 is 12.7. The van der Waals surface area contributed by atoms with Gasteiger partial charge in [0.1, 0.15) is 11.3 Å². The lowest BCUT2D eigenvalue weighted by atomic mass is 10.1. The maximum Gasteiger partial charge on any atom is 0.274 e. The molecule has 0 radical (unpaired) electrons. The molecule has 10 nitrogen and oxygen atoms in total. The van der Waals surface area contributed by atoms with E-state index in [1.54, 1.807) is 10.6 Å². The molecule has 6 rings (SSSR count). The maximum absolute atomic E-state index is 13.0. The zero-order valence-electron chi connectivity index (χ0n) is 20.2. The van der Waals surface area contributed by atoms with E-state index >= 15 is 0 Å². The van der Waals surface area contributed by atoms with Crippen LogP contribution in [-0.4, -0.2) is 51.7 Å². The first-order valence-electron chi connectivity index (χ1n) is 12.0. The van der Waals surface area contributed by atoms with Gasteiger partial charge in [-0.05, 0) is 60.1 Å². The number of nitrogens with one attached hydrogen (secondary N) is 2.